The molecule has 2 atom stereocenters. The first-order valence-electron chi connectivity index (χ1n) is 7.67. The number of para-hydroxylation sites is 1. The summed E-state index contributed by atoms with van der Waals surface area (Å²) < 4.78 is 5.48. The Balaban J connectivity index is 1.81. The van der Waals surface area contributed by atoms with Crippen LogP contribution in [0.4, 0.5) is 0 Å². The van der Waals surface area contributed by atoms with Crippen molar-refractivity contribution >= 4 is 0 Å². The fraction of sp³-hybridized carbons (Fsp3) is 0.368. The van der Waals surface area contributed by atoms with Crippen molar-refractivity contribution in [3.8, 4) is 5.75 Å². The maximum Gasteiger partial charge on any atom is 0.123 e. The van der Waals surface area contributed by atoms with Crippen LogP contribution in [0.15, 0.2) is 42.5 Å². The summed E-state index contributed by atoms with van der Waals surface area (Å²) in [5, 5.41) is 3.77. The van der Waals surface area contributed by atoms with E-state index < -0.39 is 0 Å². The van der Waals surface area contributed by atoms with Crippen molar-refractivity contribution < 1.29 is 4.74 Å². The second kappa shape index (κ2) is 5.90. The van der Waals surface area contributed by atoms with Crippen LogP contribution in [-0.2, 0) is 6.42 Å². The zero-order valence-electron chi connectivity index (χ0n) is 13.0. The molecular weight excluding hydrogens is 258 g/mol. The van der Waals surface area contributed by atoms with E-state index in [0.717, 1.165) is 5.75 Å². The van der Waals surface area contributed by atoms with Crippen LogP contribution >= 0.6 is 0 Å². The summed E-state index contributed by atoms with van der Waals surface area (Å²) in [6, 6.07) is 15.8. The predicted octanol–water partition coefficient (Wildman–Crippen LogP) is 4.34. The number of hydrogen-bond acceptors (Lipinski definition) is 2. The molecule has 0 saturated carbocycles. The van der Waals surface area contributed by atoms with Crippen molar-refractivity contribution in [1.29, 1.82) is 0 Å². The molecule has 0 aliphatic heterocycles. The minimum absolute atomic E-state index is 0.276. The molecule has 21 heavy (non-hydrogen) atoms. The zero-order valence-corrected chi connectivity index (χ0v) is 13.0. The molecule has 3 rings (SSSR count). The lowest BCUT2D eigenvalue weighted by Gasteiger charge is -2.22. The molecule has 2 aromatic carbocycles. The Hall–Kier alpha value is -1.80. The minimum atomic E-state index is 0.276. The topological polar surface area (TPSA) is 21.3 Å². The van der Waals surface area contributed by atoms with Crippen LogP contribution in [0, 0.1) is 6.92 Å². The van der Waals surface area contributed by atoms with E-state index >= 15 is 0 Å². The molecule has 2 aromatic rings. The van der Waals surface area contributed by atoms with Gasteiger partial charge in [0.25, 0.3) is 0 Å². The fourth-order valence-corrected chi connectivity index (χ4v) is 3.31. The average molecular weight is 281 g/mol. The Bertz CT molecular complexity index is 635. The Labute approximate surface area is 127 Å². The highest BCUT2D eigenvalue weighted by molar-refractivity contribution is 5.39. The van der Waals surface area contributed by atoms with Gasteiger partial charge in [-0.3, -0.25) is 0 Å². The van der Waals surface area contributed by atoms with Crippen molar-refractivity contribution in [3.05, 3.63) is 64.7 Å². The summed E-state index contributed by atoms with van der Waals surface area (Å²) in [7, 11) is 1.74. The number of ether oxygens (including phenoxy) is 1. The Morgan fingerprint density at radius 2 is 2.00 bits per heavy atom. The molecular formula is C19H23NO. The summed E-state index contributed by atoms with van der Waals surface area (Å²) in [6.07, 6.45) is 2.35. The maximum atomic E-state index is 5.48. The number of aryl methyl sites for hydroxylation is 2. The third kappa shape index (κ3) is 2.81. The summed E-state index contributed by atoms with van der Waals surface area (Å²) in [4.78, 5) is 0. The number of nitrogens with one attached hydrogen (secondary N) is 1. The predicted molar refractivity (Wildman–Crippen MR) is 86.8 cm³/mol. The van der Waals surface area contributed by atoms with Gasteiger partial charge in [0, 0.05) is 17.6 Å². The van der Waals surface area contributed by atoms with Crippen LogP contribution in [0.5, 0.6) is 5.75 Å². The molecule has 110 valence electrons. The van der Waals surface area contributed by atoms with Crippen LogP contribution in [0.25, 0.3) is 0 Å². The monoisotopic (exact) mass is 281 g/mol. The molecule has 1 aliphatic carbocycles. The molecule has 0 amide bonds. The molecule has 0 fully saturated rings. The zero-order chi connectivity index (χ0) is 14.8. The average Bonchev–Trinajstić information content (AvgIpc) is 2.89. The number of methoxy groups -OCH3 is 1. The van der Waals surface area contributed by atoms with Crippen molar-refractivity contribution in [2.45, 2.75) is 38.8 Å². The number of hydrogen-bond donors (Lipinski definition) is 1. The van der Waals surface area contributed by atoms with E-state index in [2.05, 4.69) is 49.5 Å². The molecule has 0 radical (unpaired) electrons. The van der Waals surface area contributed by atoms with Crippen LogP contribution in [0.1, 0.15) is 47.7 Å². The smallest absolute Gasteiger partial charge is 0.123 e. The first-order valence-corrected chi connectivity index (χ1v) is 7.67. The molecule has 0 bridgehead atoms. The summed E-state index contributed by atoms with van der Waals surface area (Å²) in [5.41, 5.74) is 5.52. The van der Waals surface area contributed by atoms with E-state index in [-0.39, 0.29) is 6.04 Å². The van der Waals surface area contributed by atoms with Crippen molar-refractivity contribution in [1.82, 2.24) is 5.32 Å². The fourth-order valence-electron chi connectivity index (χ4n) is 3.31. The molecule has 2 heteroatoms. The largest absolute Gasteiger partial charge is 0.496 e. The Kier molecular flexibility index (Phi) is 3.98. The van der Waals surface area contributed by atoms with Crippen LogP contribution < -0.4 is 10.1 Å². The van der Waals surface area contributed by atoms with Gasteiger partial charge in [-0.25, -0.2) is 0 Å². The molecule has 1 unspecified atom stereocenters. The highest BCUT2D eigenvalue weighted by Crippen LogP contribution is 2.35. The van der Waals surface area contributed by atoms with Gasteiger partial charge in [0.2, 0.25) is 0 Å². The number of benzene rings is 2. The summed E-state index contributed by atoms with van der Waals surface area (Å²) in [5.74, 6) is 0.958. The molecule has 1 aliphatic rings. The van der Waals surface area contributed by atoms with E-state index in [0.29, 0.717) is 6.04 Å². The normalized spacial score (nSPS) is 18.3. The SMILES string of the molecule is COc1ccccc1[C@H](C)NC1CCc2ccc(C)cc21. The van der Waals surface area contributed by atoms with Gasteiger partial charge in [-0.15, -0.1) is 0 Å². The third-order valence-corrected chi connectivity index (χ3v) is 4.44. The minimum Gasteiger partial charge on any atom is -0.496 e. The second-order valence-electron chi connectivity index (χ2n) is 5.92. The molecule has 0 saturated heterocycles. The lowest BCUT2D eigenvalue weighted by Crippen LogP contribution is -2.23. The van der Waals surface area contributed by atoms with Gasteiger partial charge in [0.15, 0.2) is 0 Å². The van der Waals surface area contributed by atoms with Gasteiger partial charge in [-0.2, -0.15) is 0 Å². The second-order valence-corrected chi connectivity index (χ2v) is 5.92. The first kappa shape index (κ1) is 14.2. The van der Waals surface area contributed by atoms with Crippen LogP contribution in [-0.4, -0.2) is 7.11 Å². The van der Waals surface area contributed by atoms with Gasteiger partial charge >= 0.3 is 0 Å². The molecule has 0 heterocycles. The van der Waals surface area contributed by atoms with E-state index in [1.165, 1.54) is 35.1 Å². The van der Waals surface area contributed by atoms with Crippen LogP contribution in [0.2, 0.25) is 0 Å². The quantitative estimate of drug-likeness (QED) is 0.900. The van der Waals surface area contributed by atoms with Crippen molar-refractivity contribution in [2.24, 2.45) is 0 Å². The van der Waals surface area contributed by atoms with E-state index in [1.807, 2.05) is 12.1 Å². The van der Waals surface area contributed by atoms with Gasteiger partial charge in [-0.1, -0.05) is 42.0 Å². The lowest BCUT2D eigenvalue weighted by atomic mass is 10.0. The molecule has 1 N–H and O–H groups in total. The molecule has 2 nitrogen and oxygen atoms in total. The highest BCUT2D eigenvalue weighted by Gasteiger charge is 2.24. The standard InChI is InChI=1S/C19H23NO/c1-13-8-9-15-10-11-18(17(15)12-13)20-14(2)16-6-4-5-7-19(16)21-3/h4-9,12,14,18,20H,10-11H2,1-3H3/t14-,18?/m0/s1. The van der Waals surface area contributed by atoms with E-state index in [4.69, 9.17) is 4.74 Å². The highest BCUT2D eigenvalue weighted by atomic mass is 16.5. The summed E-state index contributed by atoms with van der Waals surface area (Å²) in [6.45, 7) is 4.38. The van der Waals surface area contributed by atoms with E-state index in [9.17, 15) is 0 Å². The van der Waals surface area contributed by atoms with Crippen molar-refractivity contribution in [2.75, 3.05) is 7.11 Å². The molecule has 0 spiro atoms. The van der Waals surface area contributed by atoms with Gasteiger partial charge in [0.05, 0.1) is 7.11 Å². The van der Waals surface area contributed by atoms with Crippen molar-refractivity contribution in [3.63, 3.8) is 0 Å². The maximum absolute atomic E-state index is 5.48. The lowest BCUT2D eigenvalue weighted by molar-refractivity contribution is 0.393. The third-order valence-electron chi connectivity index (χ3n) is 4.44. The van der Waals surface area contributed by atoms with E-state index in [1.54, 1.807) is 7.11 Å². The Morgan fingerprint density at radius 1 is 1.19 bits per heavy atom. The van der Waals surface area contributed by atoms with Gasteiger partial charge < -0.3 is 10.1 Å². The van der Waals surface area contributed by atoms with Gasteiger partial charge in [0.1, 0.15) is 5.75 Å². The summed E-state index contributed by atoms with van der Waals surface area (Å²) >= 11 is 0. The van der Waals surface area contributed by atoms with Gasteiger partial charge in [-0.05, 0) is 43.9 Å². The molecule has 0 aromatic heterocycles. The number of fused-ring (bicyclic) bond motifs is 1. The Morgan fingerprint density at radius 3 is 2.81 bits per heavy atom. The van der Waals surface area contributed by atoms with Crippen LogP contribution in [0.3, 0.4) is 0 Å². The first-order chi connectivity index (χ1) is 10.2. The number of rotatable bonds is 4.